The molecule has 1 aromatic rings. The molecule has 0 spiro atoms. The Hall–Kier alpha value is -2.13. The van der Waals surface area contributed by atoms with Gasteiger partial charge in [0.15, 0.2) is 7.14 Å². The maximum absolute atomic E-state index is 15.1. The van der Waals surface area contributed by atoms with Crippen LogP contribution in [0.5, 0.6) is 0 Å². The third-order valence-electron chi connectivity index (χ3n) is 5.89. The molecule has 0 amide bonds. The molecule has 0 N–H and O–H groups in total. The lowest BCUT2D eigenvalue weighted by Gasteiger charge is -2.42. The number of rotatable bonds is 3. The van der Waals surface area contributed by atoms with Crippen LogP contribution in [0.4, 0.5) is 0 Å². The minimum Gasteiger partial charge on any atom is -0.468 e. The number of aryl methyl sites for hydroxylation is 3. The monoisotopic (exact) mass is 460 g/mol. The molecule has 0 fully saturated rings. The minimum absolute atomic E-state index is 0.141. The van der Waals surface area contributed by atoms with E-state index in [0.717, 1.165) is 22.3 Å². The van der Waals surface area contributed by atoms with E-state index in [-0.39, 0.29) is 5.57 Å². The highest BCUT2D eigenvalue weighted by atomic mass is 31.2. The van der Waals surface area contributed by atoms with E-state index >= 15 is 4.57 Å². The van der Waals surface area contributed by atoms with Gasteiger partial charge in [-0.25, -0.2) is 4.79 Å². The molecule has 2 rings (SSSR count). The first-order valence-electron chi connectivity index (χ1n) is 10.8. The molecule has 0 saturated heterocycles. The van der Waals surface area contributed by atoms with E-state index in [1.807, 2.05) is 74.4 Å². The summed E-state index contributed by atoms with van der Waals surface area (Å²) in [6.45, 7) is 17.8. The van der Waals surface area contributed by atoms with E-state index in [0.29, 0.717) is 10.9 Å². The van der Waals surface area contributed by atoms with Gasteiger partial charge in [0, 0.05) is 5.30 Å². The number of benzene rings is 1. The quantitative estimate of drug-likeness (QED) is 0.434. The number of hydrogen-bond acceptors (Lipinski definition) is 5. The van der Waals surface area contributed by atoms with Crippen molar-refractivity contribution in [2.45, 2.75) is 68.0 Å². The predicted octanol–water partition coefficient (Wildman–Crippen LogP) is 5.60. The number of esters is 2. The van der Waals surface area contributed by atoms with Crippen LogP contribution in [0.3, 0.4) is 0 Å². The van der Waals surface area contributed by atoms with E-state index < -0.39 is 35.6 Å². The topological polar surface area (TPSA) is 69.7 Å². The van der Waals surface area contributed by atoms with Crippen LogP contribution in [0.1, 0.15) is 58.2 Å². The minimum atomic E-state index is -3.62. The van der Waals surface area contributed by atoms with Crippen molar-refractivity contribution < 1.29 is 23.6 Å². The van der Waals surface area contributed by atoms with Gasteiger partial charge in [-0.2, -0.15) is 0 Å². The predicted molar refractivity (Wildman–Crippen MR) is 130 cm³/mol. The van der Waals surface area contributed by atoms with Crippen LogP contribution in [0.15, 0.2) is 34.7 Å². The van der Waals surface area contributed by atoms with Crippen molar-refractivity contribution in [2.75, 3.05) is 14.2 Å². The van der Waals surface area contributed by atoms with Crippen LogP contribution >= 0.6 is 7.14 Å². The fourth-order valence-corrected chi connectivity index (χ4v) is 8.51. The highest BCUT2D eigenvalue weighted by molar-refractivity contribution is 7.76. The zero-order chi connectivity index (χ0) is 24.8. The van der Waals surface area contributed by atoms with Crippen LogP contribution in [0.2, 0.25) is 0 Å². The summed E-state index contributed by atoms with van der Waals surface area (Å²) in [5.41, 5.74) is 2.14. The van der Waals surface area contributed by atoms with E-state index in [1.165, 1.54) is 14.2 Å². The normalized spacial score (nSPS) is 21.8. The van der Waals surface area contributed by atoms with E-state index in [1.54, 1.807) is 5.82 Å². The molecule has 5 nitrogen and oxygen atoms in total. The molecule has 0 aliphatic carbocycles. The summed E-state index contributed by atoms with van der Waals surface area (Å²) < 4.78 is 25.4. The highest BCUT2D eigenvalue weighted by Crippen LogP contribution is 2.63. The summed E-state index contributed by atoms with van der Waals surface area (Å²) >= 11 is 0. The largest absolute Gasteiger partial charge is 0.468 e. The van der Waals surface area contributed by atoms with Crippen molar-refractivity contribution in [1.29, 1.82) is 0 Å². The number of carbonyl (C=O) groups excluding carboxylic acids is 2. The van der Waals surface area contributed by atoms with Crippen LogP contribution in [-0.4, -0.2) is 31.8 Å². The average molecular weight is 461 g/mol. The van der Waals surface area contributed by atoms with E-state index in [9.17, 15) is 9.59 Å². The molecule has 32 heavy (non-hydrogen) atoms. The molecule has 0 saturated carbocycles. The van der Waals surface area contributed by atoms with Crippen molar-refractivity contribution in [1.82, 2.24) is 0 Å². The second-order valence-corrected chi connectivity index (χ2v) is 13.3. The lowest BCUT2D eigenvalue weighted by molar-refractivity contribution is -0.143. The van der Waals surface area contributed by atoms with Gasteiger partial charge in [-0.1, -0.05) is 59.2 Å². The van der Waals surface area contributed by atoms with Gasteiger partial charge in [0.2, 0.25) is 0 Å². The van der Waals surface area contributed by atoms with Crippen LogP contribution in [0.25, 0.3) is 0 Å². The molecule has 2 atom stereocenters. The number of methoxy groups -OCH3 is 2. The first-order chi connectivity index (χ1) is 14.5. The Kier molecular flexibility index (Phi) is 7.07. The van der Waals surface area contributed by atoms with Gasteiger partial charge in [0.25, 0.3) is 0 Å². The second kappa shape index (κ2) is 8.67. The molecular weight excluding hydrogens is 423 g/mol. The SMILES string of the molecule is COC(=O)C1=C(C(C)(C)C)C(C(C)(C)C)=C[P@](=O)(c2c(C)cc(C)cc2C)[C@@H]1C(=O)OC. The number of ether oxygens (including phenoxy) is 2. The second-order valence-electron chi connectivity index (χ2n) is 10.7. The number of hydrogen-bond donors (Lipinski definition) is 0. The van der Waals surface area contributed by atoms with Crippen LogP contribution in [-0.2, 0) is 23.6 Å². The molecule has 176 valence electrons. The summed E-state index contributed by atoms with van der Waals surface area (Å²) in [5.74, 6) is 0.425. The molecule has 0 bridgehead atoms. The third-order valence-corrected chi connectivity index (χ3v) is 9.17. The molecule has 1 aromatic carbocycles. The lowest BCUT2D eigenvalue weighted by atomic mass is 9.70. The lowest BCUT2D eigenvalue weighted by Crippen LogP contribution is -2.39. The zero-order valence-electron chi connectivity index (χ0n) is 21.3. The Morgan fingerprint density at radius 3 is 1.75 bits per heavy atom. The van der Waals surface area contributed by atoms with Gasteiger partial charge in [-0.3, -0.25) is 4.79 Å². The van der Waals surface area contributed by atoms with Gasteiger partial charge in [-0.05, 0) is 59.7 Å². The van der Waals surface area contributed by atoms with Crippen LogP contribution in [0, 0.1) is 31.6 Å². The first-order valence-corrected chi connectivity index (χ1v) is 12.7. The van der Waals surface area contributed by atoms with Crippen molar-refractivity contribution in [3.63, 3.8) is 0 Å². The number of carbonyl (C=O) groups is 2. The first kappa shape index (κ1) is 26.1. The Bertz CT molecular complexity index is 1040. The summed E-state index contributed by atoms with van der Waals surface area (Å²) in [6.07, 6.45) is 0. The van der Waals surface area contributed by atoms with Gasteiger partial charge in [0.05, 0.1) is 19.8 Å². The average Bonchev–Trinajstić information content (AvgIpc) is 2.63. The van der Waals surface area contributed by atoms with Gasteiger partial charge in [-0.15, -0.1) is 0 Å². The van der Waals surface area contributed by atoms with Crippen molar-refractivity contribution >= 4 is 24.4 Å². The molecular formula is C26H37O5P. The van der Waals surface area contributed by atoms with Crippen LogP contribution < -0.4 is 5.30 Å². The van der Waals surface area contributed by atoms with E-state index in [4.69, 9.17) is 9.47 Å². The maximum atomic E-state index is 15.1. The molecule has 6 heteroatoms. The van der Waals surface area contributed by atoms with Crippen molar-refractivity contribution in [2.24, 2.45) is 10.8 Å². The van der Waals surface area contributed by atoms with Gasteiger partial charge < -0.3 is 14.0 Å². The van der Waals surface area contributed by atoms with Crippen molar-refractivity contribution in [3.8, 4) is 0 Å². The molecule has 1 aliphatic rings. The summed E-state index contributed by atoms with van der Waals surface area (Å²) in [5, 5.41) is 0.606. The standard InChI is InChI=1S/C26H37O5P/c1-15-12-16(2)21(17(3)13-15)32(29)14-18(25(4,5)6)20(26(7,8)9)19(23(27)30-10)22(32)24(28)31-11/h12-14,22H,1-11H3/t22-,32-/m0/s1. The smallest absolute Gasteiger partial charge is 0.335 e. The van der Waals surface area contributed by atoms with Gasteiger partial charge in [0.1, 0.15) is 5.66 Å². The van der Waals surface area contributed by atoms with Gasteiger partial charge >= 0.3 is 11.9 Å². The highest BCUT2D eigenvalue weighted by Gasteiger charge is 2.53. The molecule has 1 aliphatic heterocycles. The fourth-order valence-electron chi connectivity index (χ4n) is 4.81. The Balaban J connectivity index is 3.17. The summed E-state index contributed by atoms with van der Waals surface area (Å²) in [6, 6.07) is 3.92. The maximum Gasteiger partial charge on any atom is 0.335 e. The zero-order valence-corrected chi connectivity index (χ0v) is 22.2. The third kappa shape index (κ3) is 4.50. The molecule has 0 radical (unpaired) electrons. The molecule has 0 unspecified atom stereocenters. The fraction of sp³-hybridized carbons (Fsp3) is 0.538. The molecule has 1 heterocycles. The summed E-state index contributed by atoms with van der Waals surface area (Å²) in [4.78, 5) is 26.5. The Morgan fingerprint density at radius 2 is 1.38 bits per heavy atom. The summed E-state index contributed by atoms with van der Waals surface area (Å²) in [7, 11) is -1.08. The number of allylic oxidation sites excluding steroid dienone is 2. The Labute approximate surface area is 192 Å². The van der Waals surface area contributed by atoms with E-state index in [2.05, 4.69) is 0 Å². The Morgan fingerprint density at radius 1 is 0.875 bits per heavy atom. The van der Waals surface area contributed by atoms with Crippen molar-refractivity contribution in [3.05, 3.63) is 51.4 Å². The molecule has 0 aromatic heterocycles.